The summed E-state index contributed by atoms with van der Waals surface area (Å²) >= 11 is 33.9. The Kier molecular flexibility index (Phi) is 10.5. The maximum Gasteiger partial charge on any atom is 0.400 e. The highest BCUT2D eigenvalue weighted by atomic mass is 35.6. The van der Waals surface area contributed by atoms with Crippen LogP contribution in [0.1, 0.15) is 44.9 Å². The van der Waals surface area contributed by atoms with Crippen LogP contribution in [0.2, 0.25) is 0 Å². The summed E-state index contributed by atoms with van der Waals surface area (Å²) in [7, 11) is -4.77. The summed E-state index contributed by atoms with van der Waals surface area (Å²) in [4.78, 5) is 0. The van der Waals surface area contributed by atoms with Gasteiger partial charge in [0.05, 0.1) is 5.38 Å². The maximum atomic E-state index is 10.6. The van der Waals surface area contributed by atoms with Crippen LogP contribution in [0.15, 0.2) is 0 Å². The number of rotatable bonds is 10. The van der Waals surface area contributed by atoms with E-state index in [0.717, 1.165) is 25.7 Å². The van der Waals surface area contributed by atoms with Gasteiger partial charge in [-0.3, -0.25) is 4.55 Å². The second-order valence-corrected chi connectivity index (χ2v) is 9.84. The molecule has 4 nitrogen and oxygen atoms in total. The lowest BCUT2D eigenvalue weighted by Crippen LogP contribution is -2.32. The number of unbranched alkanes of at least 4 members (excludes halogenated alkanes) is 4. The van der Waals surface area contributed by atoms with Gasteiger partial charge in [-0.25, -0.2) is 4.18 Å². The molecule has 0 aromatic rings. The van der Waals surface area contributed by atoms with Crippen molar-refractivity contribution in [3.63, 3.8) is 0 Å². The zero-order valence-electron chi connectivity index (χ0n) is 10.9. The Morgan fingerprint density at radius 2 is 1.43 bits per heavy atom. The van der Waals surface area contributed by atoms with Crippen molar-refractivity contribution in [1.82, 2.24) is 0 Å². The smallest absolute Gasteiger partial charge is 0.263 e. The molecule has 0 spiro atoms. The molecule has 0 aromatic carbocycles. The van der Waals surface area contributed by atoms with Gasteiger partial charge in [-0.05, 0) is 19.3 Å². The maximum absolute atomic E-state index is 10.6. The predicted octanol–water partition coefficient (Wildman–Crippen LogP) is 5.65. The van der Waals surface area contributed by atoms with Crippen molar-refractivity contribution in [3.8, 4) is 0 Å². The van der Waals surface area contributed by atoms with Gasteiger partial charge in [0.1, 0.15) is 0 Å². The minimum absolute atomic E-state index is 0.328. The molecule has 11 heteroatoms. The number of hydrogen-bond donors (Lipinski definition) is 1. The van der Waals surface area contributed by atoms with Crippen LogP contribution in [-0.2, 0) is 14.6 Å². The average Bonchev–Trinajstić information content (AvgIpc) is 2.22. The molecule has 1 N–H and O–H groups in total. The summed E-state index contributed by atoms with van der Waals surface area (Å²) in [6.45, 7) is 0. The lowest BCUT2D eigenvalue weighted by atomic mass is 10.1. The fourth-order valence-corrected chi connectivity index (χ4v) is 3.29. The zero-order chi connectivity index (χ0) is 16.7. The van der Waals surface area contributed by atoms with Crippen molar-refractivity contribution in [2.24, 2.45) is 0 Å². The van der Waals surface area contributed by atoms with E-state index in [1.165, 1.54) is 0 Å². The van der Waals surface area contributed by atoms with E-state index in [-0.39, 0.29) is 0 Å². The Morgan fingerprint density at radius 3 is 1.90 bits per heavy atom. The molecule has 0 saturated heterocycles. The van der Waals surface area contributed by atoms with Crippen LogP contribution in [-0.4, -0.2) is 26.7 Å². The van der Waals surface area contributed by atoms with E-state index < -0.39 is 24.1 Å². The summed E-state index contributed by atoms with van der Waals surface area (Å²) in [5.74, 6) is 0. The fraction of sp³-hybridized carbons (Fsp3) is 1.00. The van der Waals surface area contributed by atoms with Crippen molar-refractivity contribution in [3.05, 3.63) is 0 Å². The van der Waals surface area contributed by atoms with E-state index in [1.54, 1.807) is 0 Å². The van der Waals surface area contributed by atoms with Crippen LogP contribution in [0.5, 0.6) is 0 Å². The topological polar surface area (TPSA) is 63.6 Å². The lowest BCUT2D eigenvalue weighted by molar-refractivity contribution is 0.204. The molecular weight excluding hydrogens is 429 g/mol. The van der Waals surface area contributed by atoms with Crippen LogP contribution in [0, 0.1) is 0 Å². The van der Waals surface area contributed by atoms with Gasteiger partial charge in [-0.15, -0.1) is 11.6 Å². The third-order valence-electron chi connectivity index (χ3n) is 2.50. The Hall–Kier alpha value is 1.61. The Labute approximate surface area is 155 Å². The molecule has 0 saturated carbocycles. The fourth-order valence-electron chi connectivity index (χ4n) is 1.54. The van der Waals surface area contributed by atoms with E-state index >= 15 is 0 Å². The molecule has 0 aromatic heterocycles. The predicted molar refractivity (Wildman–Crippen MR) is 89.3 cm³/mol. The number of alkyl halides is 6. The van der Waals surface area contributed by atoms with Crippen molar-refractivity contribution < 1.29 is 17.2 Å². The first kappa shape index (κ1) is 22.6. The molecule has 0 aliphatic carbocycles. The minimum atomic E-state index is -4.77. The first-order valence-electron chi connectivity index (χ1n) is 6.10. The highest BCUT2D eigenvalue weighted by Crippen LogP contribution is 2.35. The summed E-state index contributed by atoms with van der Waals surface area (Å²) in [5.41, 5.74) is 0. The highest BCUT2D eigenvalue weighted by molar-refractivity contribution is 7.81. The number of hydrogen-bond acceptors (Lipinski definition) is 3. The van der Waals surface area contributed by atoms with Gasteiger partial charge < -0.3 is 0 Å². The second-order valence-electron chi connectivity index (χ2n) is 4.46. The van der Waals surface area contributed by atoms with E-state index in [0.29, 0.717) is 19.3 Å². The van der Waals surface area contributed by atoms with Crippen LogP contribution in [0.25, 0.3) is 0 Å². The molecule has 0 aliphatic heterocycles. The molecule has 0 amide bonds. The van der Waals surface area contributed by atoms with Crippen LogP contribution >= 0.6 is 69.6 Å². The van der Waals surface area contributed by atoms with Gasteiger partial charge in [-0.2, -0.15) is 8.42 Å². The van der Waals surface area contributed by atoms with E-state index in [4.69, 9.17) is 74.2 Å². The van der Waals surface area contributed by atoms with E-state index in [1.807, 2.05) is 0 Å². The van der Waals surface area contributed by atoms with Crippen LogP contribution < -0.4 is 0 Å². The Bertz CT molecular complexity index is 395. The molecule has 1 atom stereocenters. The van der Waals surface area contributed by atoms with Gasteiger partial charge in [0.15, 0.2) is 3.79 Å². The summed E-state index contributed by atoms with van der Waals surface area (Å²) in [6.07, 6.45) is 4.91. The molecular formula is C10H16Cl6O4S. The van der Waals surface area contributed by atoms with Crippen molar-refractivity contribution in [2.75, 3.05) is 0 Å². The standard InChI is InChI=1S/C10H16Cl6O4S/c11-8(10(15,16)20-21(17,18)19)6-4-2-1-3-5-7-9(12,13)14/h8H,1-7H2,(H,17,18,19). The third-order valence-corrected chi connectivity index (χ3v) is 5.15. The lowest BCUT2D eigenvalue weighted by Gasteiger charge is -2.22. The quantitative estimate of drug-likeness (QED) is 0.269. The van der Waals surface area contributed by atoms with Gasteiger partial charge >= 0.3 is 10.4 Å². The normalized spacial score (nSPS) is 15.2. The molecule has 128 valence electrons. The Balaban J connectivity index is 3.82. The zero-order valence-corrected chi connectivity index (χ0v) is 16.2. The third kappa shape index (κ3) is 13.7. The first-order chi connectivity index (χ1) is 9.33. The molecule has 0 radical (unpaired) electrons. The molecule has 21 heavy (non-hydrogen) atoms. The second kappa shape index (κ2) is 9.80. The first-order valence-corrected chi connectivity index (χ1v) is 9.79. The largest absolute Gasteiger partial charge is 0.400 e. The monoisotopic (exact) mass is 442 g/mol. The van der Waals surface area contributed by atoms with Gasteiger partial charge in [-0.1, -0.05) is 83.7 Å². The van der Waals surface area contributed by atoms with Crippen LogP contribution in [0.3, 0.4) is 0 Å². The van der Waals surface area contributed by atoms with Crippen LogP contribution in [0.4, 0.5) is 0 Å². The van der Waals surface area contributed by atoms with Crippen molar-refractivity contribution in [1.29, 1.82) is 0 Å². The molecule has 1 unspecified atom stereocenters. The SMILES string of the molecule is O=S(=O)(O)OC(Cl)(Cl)C(Cl)CCCCCCCC(Cl)(Cl)Cl. The molecule has 0 bridgehead atoms. The van der Waals surface area contributed by atoms with E-state index in [2.05, 4.69) is 4.18 Å². The van der Waals surface area contributed by atoms with Gasteiger partial charge in [0.25, 0.3) is 4.52 Å². The van der Waals surface area contributed by atoms with Crippen molar-refractivity contribution in [2.45, 2.75) is 58.6 Å². The molecule has 0 heterocycles. The van der Waals surface area contributed by atoms with E-state index in [9.17, 15) is 8.42 Å². The van der Waals surface area contributed by atoms with Gasteiger partial charge in [0, 0.05) is 0 Å². The average molecular weight is 445 g/mol. The minimum Gasteiger partial charge on any atom is -0.263 e. The molecule has 0 rings (SSSR count). The summed E-state index contributed by atoms with van der Waals surface area (Å²) in [5, 5.41) is -0.982. The highest BCUT2D eigenvalue weighted by Gasteiger charge is 2.38. The summed E-state index contributed by atoms with van der Waals surface area (Å²) in [6, 6.07) is 0. The molecule has 0 fully saturated rings. The Morgan fingerprint density at radius 1 is 0.952 bits per heavy atom. The van der Waals surface area contributed by atoms with Gasteiger partial charge in [0.2, 0.25) is 0 Å². The van der Waals surface area contributed by atoms with Crippen molar-refractivity contribution >= 4 is 80.0 Å². The number of halogens is 6. The molecule has 0 aliphatic rings. The summed E-state index contributed by atoms with van der Waals surface area (Å²) < 4.78 is 30.3.